The van der Waals surface area contributed by atoms with Crippen molar-refractivity contribution < 1.29 is 5.11 Å². The average molecular weight is 303 g/mol. The van der Waals surface area contributed by atoms with Gasteiger partial charge < -0.3 is 10.0 Å². The van der Waals surface area contributed by atoms with E-state index in [4.69, 9.17) is 11.6 Å². The van der Waals surface area contributed by atoms with Crippen LogP contribution >= 0.6 is 11.6 Å². The predicted octanol–water partition coefficient (Wildman–Crippen LogP) is 4.02. The van der Waals surface area contributed by atoms with E-state index in [1.165, 1.54) is 0 Å². The van der Waals surface area contributed by atoms with Crippen LogP contribution < -0.4 is 0 Å². The second-order valence-electron chi connectivity index (χ2n) is 4.85. The molecule has 2 aliphatic rings. The molecule has 3 nitrogen and oxygen atoms in total. The third kappa shape index (κ3) is 3.09. The van der Waals surface area contributed by atoms with Crippen LogP contribution in [-0.2, 0) is 0 Å². The molecule has 0 saturated heterocycles. The van der Waals surface area contributed by atoms with Gasteiger partial charge >= 0.3 is 0 Å². The molecule has 0 saturated carbocycles. The third-order valence-electron chi connectivity index (χ3n) is 3.42. The standard InChI is InChI=1S/C17H19ClN2O/c1-4-7-14(11-19-3)20-12(2)10-13-8-5-6-9-15(18)16(13)17(20)21/h4-7,9-11,17,21H,3,8H2,1-2H3/b7-4-,14-11+. The first kappa shape index (κ1) is 15.5. The highest BCUT2D eigenvalue weighted by atomic mass is 35.5. The van der Waals surface area contributed by atoms with Crippen molar-refractivity contribution in [1.82, 2.24) is 4.90 Å². The lowest BCUT2D eigenvalue weighted by atomic mass is 9.97. The SMILES string of the molecule is C=N/C=C(\C=C/C)N1C(C)=CC2=C(C(Cl)=CC=CC2)C1O. The van der Waals surface area contributed by atoms with Crippen molar-refractivity contribution in [1.29, 1.82) is 0 Å². The summed E-state index contributed by atoms with van der Waals surface area (Å²) in [5.74, 6) is 0. The van der Waals surface area contributed by atoms with Gasteiger partial charge in [-0.15, -0.1) is 0 Å². The van der Waals surface area contributed by atoms with E-state index in [0.29, 0.717) is 5.03 Å². The number of rotatable bonds is 3. The van der Waals surface area contributed by atoms with E-state index in [-0.39, 0.29) is 0 Å². The van der Waals surface area contributed by atoms with Gasteiger partial charge in [-0.05, 0) is 50.8 Å². The maximum atomic E-state index is 10.8. The number of nitrogens with zero attached hydrogens (tertiary/aromatic N) is 2. The summed E-state index contributed by atoms with van der Waals surface area (Å²) >= 11 is 6.32. The van der Waals surface area contributed by atoms with Crippen molar-refractivity contribution in [2.24, 2.45) is 4.99 Å². The molecule has 1 aliphatic carbocycles. The Morgan fingerprint density at radius 3 is 3.00 bits per heavy atom. The van der Waals surface area contributed by atoms with Gasteiger partial charge in [0.15, 0.2) is 6.23 Å². The van der Waals surface area contributed by atoms with Gasteiger partial charge in [-0.3, -0.25) is 4.99 Å². The van der Waals surface area contributed by atoms with E-state index in [2.05, 4.69) is 11.7 Å². The molecule has 0 radical (unpaired) electrons. The monoisotopic (exact) mass is 302 g/mol. The largest absolute Gasteiger partial charge is 0.369 e. The lowest BCUT2D eigenvalue weighted by Gasteiger charge is -2.36. The molecular weight excluding hydrogens is 284 g/mol. The summed E-state index contributed by atoms with van der Waals surface area (Å²) in [6, 6.07) is 0. The summed E-state index contributed by atoms with van der Waals surface area (Å²) in [5.41, 5.74) is 3.49. The fraction of sp³-hybridized carbons (Fsp3) is 0.235. The molecule has 0 amide bonds. The Labute approximate surface area is 130 Å². The molecule has 0 fully saturated rings. The van der Waals surface area contributed by atoms with Gasteiger partial charge in [-0.1, -0.05) is 29.8 Å². The van der Waals surface area contributed by atoms with Crippen LogP contribution in [-0.4, -0.2) is 23.0 Å². The molecule has 1 N–H and O–H groups in total. The molecule has 21 heavy (non-hydrogen) atoms. The molecule has 1 aliphatic heterocycles. The van der Waals surface area contributed by atoms with Gasteiger partial charge in [-0.25, -0.2) is 0 Å². The quantitative estimate of drug-likeness (QED) is 0.631. The van der Waals surface area contributed by atoms with Crippen molar-refractivity contribution >= 4 is 18.3 Å². The number of aliphatic hydroxyl groups excluding tert-OH is 1. The maximum Gasteiger partial charge on any atom is 0.159 e. The van der Waals surface area contributed by atoms with E-state index in [1.54, 1.807) is 11.1 Å². The van der Waals surface area contributed by atoms with Crippen LogP contribution in [0.25, 0.3) is 0 Å². The fourth-order valence-corrected chi connectivity index (χ4v) is 2.86. The summed E-state index contributed by atoms with van der Waals surface area (Å²) < 4.78 is 0. The van der Waals surface area contributed by atoms with Crippen LogP contribution in [0.15, 0.2) is 75.2 Å². The molecule has 0 bridgehead atoms. The molecule has 0 aromatic carbocycles. The van der Waals surface area contributed by atoms with Crippen LogP contribution in [0.4, 0.5) is 0 Å². The smallest absolute Gasteiger partial charge is 0.159 e. The van der Waals surface area contributed by atoms with Gasteiger partial charge in [-0.2, -0.15) is 0 Å². The van der Waals surface area contributed by atoms with Crippen LogP contribution in [0.2, 0.25) is 0 Å². The Morgan fingerprint density at radius 2 is 2.33 bits per heavy atom. The predicted molar refractivity (Wildman–Crippen MR) is 88.8 cm³/mol. The van der Waals surface area contributed by atoms with E-state index >= 15 is 0 Å². The lowest BCUT2D eigenvalue weighted by Crippen LogP contribution is -2.37. The number of hydrogen-bond donors (Lipinski definition) is 1. The minimum absolute atomic E-state index is 0.561. The molecule has 1 heterocycles. The summed E-state index contributed by atoms with van der Waals surface area (Å²) in [5, 5.41) is 11.4. The maximum absolute atomic E-state index is 10.8. The van der Waals surface area contributed by atoms with Gasteiger partial charge in [0, 0.05) is 22.5 Å². The first-order chi connectivity index (χ1) is 10.1. The fourth-order valence-electron chi connectivity index (χ4n) is 2.56. The number of allylic oxidation sites excluding steroid dienone is 8. The third-order valence-corrected chi connectivity index (χ3v) is 3.75. The highest BCUT2D eigenvalue weighted by Crippen LogP contribution is 2.36. The lowest BCUT2D eigenvalue weighted by molar-refractivity contribution is 0.0856. The van der Waals surface area contributed by atoms with Gasteiger partial charge in [0.2, 0.25) is 0 Å². The zero-order valence-corrected chi connectivity index (χ0v) is 13.0. The Bertz CT molecular complexity index is 621. The molecule has 2 rings (SSSR count). The molecule has 0 aromatic heterocycles. The topological polar surface area (TPSA) is 35.8 Å². The Kier molecular flexibility index (Phi) is 4.99. The molecule has 0 spiro atoms. The molecule has 110 valence electrons. The van der Waals surface area contributed by atoms with Crippen LogP contribution in [0, 0.1) is 0 Å². The van der Waals surface area contributed by atoms with Gasteiger partial charge in [0.05, 0.1) is 5.70 Å². The van der Waals surface area contributed by atoms with Gasteiger partial charge in [0.1, 0.15) is 0 Å². The molecule has 1 atom stereocenters. The number of halogens is 1. The van der Waals surface area contributed by atoms with Crippen molar-refractivity contribution in [2.75, 3.05) is 0 Å². The molecule has 1 unspecified atom stereocenters. The summed E-state index contributed by atoms with van der Waals surface area (Å²) in [6.45, 7) is 7.37. The van der Waals surface area contributed by atoms with Crippen molar-refractivity contribution in [3.05, 3.63) is 70.2 Å². The molecule has 0 aromatic rings. The van der Waals surface area contributed by atoms with Crippen molar-refractivity contribution in [3.63, 3.8) is 0 Å². The first-order valence-electron chi connectivity index (χ1n) is 6.80. The zero-order chi connectivity index (χ0) is 15.4. The normalized spacial score (nSPS) is 23.0. The van der Waals surface area contributed by atoms with Crippen LogP contribution in [0.1, 0.15) is 20.3 Å². The molecular formula is C17H19ClN2O. The average Bonchev–Trinajstić information content (AvgIpc) is 2.61. The second-order valence-corrected chi connectivity index (χ2v) is 5.26. The Morgan fingerprint density at radius 1 is 1.57 bits per heavy atom. The summed E-state index contributed by atoms with van der Waals surface area (Å²) in [4.78, 5) is 5.62. The van der Waals surface area contributed by atoms with Gasteiger partial charge in [0.25, 0.3) is 0 Å². The van der Waals surface area contributed by atoms with Crippen LogP contribution in [0.3, 0.4) is 0 Å². The highest BCUT2D eigenvalue weighted by molar-refractivity contribution is 6.32. The minimum atomic E-state index is -0.835. The Balaban J connectivity index is 2.51. The van der Waals surface area contributed by atoms with Crippen LogP contribution in [0.5, 0.6) is 0 Å². The minimum Gasteiger partial charge on any atom is -0.369 e. The number of aliphatic hydroxyl groups is 1. The van der Waals surface area contributed by atoms with E-state index in [9.17, 15) is 5.11 Å². The van der Waals surface area contributed by atoms with Crippen molar-refractivity contribution in [3.8, 4) is 0 Å². The Hall–Kier alpha value is -1.84. The first-order valence-corrected chi connectivity index (χ1v) is 7.18. The molecule has 4 heteroatoms. The van der Waals surface area contributed by atoms with E-state index < -0.39 is 6.23 Å². The van der Waals surface area contributed by atoms with E-state index in [0.717, 1.165) is 29.0 Å². The van der Waals surface area contributed by atoms with Crippen molar-refractivity contribution in [2.45, 2.75) is 26.5 Å². The van der Waals surface area contributed by atoms with E-state index in [1.807, 2.05) is 50.3 Å². The summed E-state index contributed by atoms with van der Waals surface area (Å²) in [6.07, 6.45) is 13.1. The number of aliphatic imine (C=N–C) groups is 1. The zero-order valence-electron chi connectivity index (χ0n) is 12.3. The summed E-state index contributed by atoms with van der Waals surface area (Å²) in [7, 11) is 0. The second kappa shape index (κ2) is 6.74. The highest BCUT2D eigenvalue weighted by Gasteiger charge is 2.30. The number of hydrogen-bond acceptors (Lipinski definition) is 3.